The van der Waals surface area contributed by atoms with Gasteiger partial charge in [0.05, 0.1) is 0 Å². The first-order valence-electron chi connectivity index (χ1n) is 4.37. The first kappa shape index (κ1) is 11.4. The molecule has 0 rings (SSSR count). The van der Waals surface area contributed by atoms with Crippen molar-refractivity contribution in [1.82, 2.24) is 0 Å². The highest BCUT2D eigenvalue weighted by molar-refractivity contribution is 6.97. The van der Waals surface area contributed by atoms with Gasteiger partial charge in [0.25, 0.3) is 0 Å². The molecule has 0 saturated heterocycles. The van der Waals surface area contributed by atoms with Gasteiger partial charge >= 0.3 is 0 Å². The van der Waals surface area contributed by atoms with Crippen molar-refractivity contribution >= 4 is 8.07 Å². The van der Waals surface area contributed by atoms with Crippen LogP contribution >= 0.6 is 0 Å². The SMILES string of the molecule is C=C(C)[Si](CC)(C(=C)C)C(=C)C. The van der Waals surface area contributed by atoms with Gasteiger partial charge in [-0.2, -0.15) is 0 Å². The summed E-state index contributed by atoms with van der Waals surface area (Å²) < 4.78 is 0. The summed E-state index contributed by atoms with van der Waals surface area (Å²) in [6.45, 7) is 20.8. The van der Waals surface area contributed by atoms with Gasteiger partial charge in [0.15, 0.2) is 0 Å². The summed E-state index contributed by atoms with van der Waals surface area (Å²) >= 11 is 0. The van der Waals surface area contributed by atoms with Crippen molar-refractivity contribution in [3.05, 3.63) is 35.3 Å². The maximum absolute atomic E-state index is 4.08. The molecule has 0 aromatic rings. The highest BCUT2D eigenvalue weighted by Crippen LogP contribution is 2.31. The Morgan fingerprint density at radius 1 is 0.917 bits per heavy atom. The number of rotatable bonds is 4. The van der Waals surface area contributed by atoms with E-state index < -0.39 is 8.07 Å². The minimum Gasteiger partial charge on any atom is -0.103 e. The second-order valence-corrected chi connectivity index (χ2v) is 8.68. The average Bonchev–Trinajstić information content (AvgIpc) is 1.86. The largest absolute Gasteiger partial charge is 0.133 e. The highest BCUT2D eigenvalue weighted by atomic mass is 28.3. The van der Waals surface area contributed by atoms with Crippen molar-refractivity contribution in [1.29, 1.82) is 0 Å². The quantitative estimate of drug-likeness (QED) is 0.577. The summed E-state index contributed by atoms with van der Waals surface area (Å²) in [6.07, 6.45) is 0. The second kappa shape index (κ2) is 3.90. The summed E-state index contributed by atoms with van der Waals surface area (Å²) in [5, 5.41) is 3.85. The molecule has 0 saturated carbocycles. The van der Waals surface area contributed by atoms with Crippen LogP contribution in [0.4, 0.5) is 0 Å². The van der Waals surface area contributed by atoms with Crippen LogP contribution in [-0.2, 0) is 0 Å². The van der Waals surface area contributed by atoms with Crippen molar-refractivity contribution in [2.75, 3.05) is 0 Å². The average molecular weight is 180 g/mol. The summed E-state index contributed by atoms with van der Waals surface area (Å²) in [4.78, 5) is 0. The third-order valence-electron chi connectivity index (χ3n) is 2.72. The molecule has 0 radical (unpaired) electrons. The Morgan fingerprint density at radius 3 is 1.17 bits per heavy atom. The zero-order valence-electron chi connectivity index (χ0n) is 8.83. The number of hydrogen-bond donors (Lipinski definition) is 0. The Kier molecular flexibility index (Phi) is 3.72. The van der Waals surface area contributed by atoms with Crippen LogP contribution in [0, 0.1) is 0 Å². The molecule has 0 atom stereocenters. The van der Waals surface area contributed by atoms with Crippen molar-refractivity contribution in [3.63, 3.8) is 0 Å². The molecule has 0 spiro atoms. The first-order chi connectivity index (χ1) is 5.39. The lowest BCUT2D eigenvalue weighted by Gasteiger charge is -2.32. The zero-order valence-corrected chi connectivity index (χ0v) is 9.83. The molecule has 12 heavy (non-hydrogen) atoms. The normalized spacial score (nSPS) is 11.0. The molecule has 0 heterocycles. The molecule has 0 aromatic heterocycles. The van der Waals surface area contributed by atoms with E-state index in [4.69, 9.17) is 0 Å². The van der Waals surface area contributed by atoms with Gasteiger partial charge in [0.2, 0.25) is 0 Å². The Hall–Kier alpha value is -0.563. The fourth-order valence-corrected chi connectivity index (χ4v) is 5.99. The molecule has 0 aromatic carbocycles. The first-order valence-corrected chi connectivity index (χ1v) is 6.58. The van der Waals surface area contributed by atoms with E-state index in [1.165, 1.54) is 15.6 Å². The Balaban J connectivity index is 5.19. The fraction of sp³-hybridized carbons (Fsp3) is 0.455. The molecule has 0 aliphatic heterocycles. The molecule has 1 heteroatoms. The van der Waals surface area contributed by atoms with Gasteiger partial charge < -0.3 is 0 Å². The lowest BCUT2D eigenvalue weighted by atomic mass is 10.7. The van der Waals surface area contributed by atoms with Crippen molar-refractivity contribution in [2.45, 2.75) is 33.7 Å². The highest BCUT2D eigenvalue weighted by Gasteiger charge is 2.33. The zero-order chi connectivity index (χ0) is 9.94. The van der Waals surface area contributed by atoms with Gasteiger partial charge in [0, 0.05) is 0 Å². The van der Waals surface area contributed by atoms with E-state index in [0.29, 0.717) is 0 Å². The molecule has 0 aliphatic rings. The fourth-order valence-electron chi connectivity index (χ4n) is 2.00. The van der Waals surface area contributed by atoms with Gasteiger partial charge in [-0.25, -0.2) is 0 Å². The van der Waals surface area contributed by atoms with E-state index in [-0.39, 0.29) is 0 Å². The Morgan fingerprint density at radius 2 is 1.17 bits per heavy atom. The lowest BCUT2D eigenvalue weighted by Crippen LogP contribution is -2.38. The molecule has 0 N–H and O–H groups in total. The van der Waals surface area contributed by atoms with Gasteiger partial charge in [-0.05, 0) is 26.8 Å². The maximum atomic E-state index is 4.08. The van der Waals surface area contributed by atoms with Crippen LogP contribution in [0.1, 0.15) is 27.7 Å². The minimum atomic E-state index is -1.58. The van der Waals surface area contributed by atoms with Crippen molar-refractivity contribution in [2.24, 2.45) is 0 Å². The molecule has 68 valence electrons. The Bertz CT molecular complexity index is 187. The lowest BCUT2D eigenvalue weighted by molar-refractivity contribution is 1.31. The minimum absolute atomic E-state index is 1.15. The standard InChI is InChI=1S/C11H20Si/c1-8-12(9(2)3,10(4)5)11(6)7/h2,4,6,8H2,1,3,5,7H3. The molecule has 0 unspecified atom stereocenters. The van der Waals surface area contributed by atoms with Gasteiger partial charge in [0.1, 0.15) is 8.07 Å². The maximum Gasteiger partial charge on any atom is 0.133 e. The van der Waals surface area contributed by atoms with E-state index >= 15 is 0 Å². The molecular formula is C11H20Si. The molecule has 0 bridgehead atoms. The predicted octanol–water partition coefficient (Wildman–Crippen LogP) is 3.80. The second-order valence-electron chi connectivity index (χ2n) is 3.60. The summed E-state index contributed by atoms with van der Waals surface area (Å²) in [5.41, 5.74) is 0. The van der Waals surface area contributed by atoms with E-state index in [9.17, 15) is 0 Å². The van der Waals surface area contributed by atoms with Crippen LogP contribution in [0.25, 0.3) is 0 Å². The number of hydrogen-bond acceptors (Lipinski definition) is 0. The molecule has 0 amide bonds. The predicted molar refractivity (Wildman–Crippen MR) is 60.7 cm³/mol. The molecule has 0 nitrogen and oxygen atoms in total. The van der Waals surface area contributed by atoms with Gasteiger partial charge in [-0.15, -0.1) is 19.7 Å². The van der Waals surface area contributed by atoms with Gasteiger partial charge in [-0.1, -0.05) is 22.5 Å². The number of allylic oxidation sites excluding steroid dienone is 3. The van der Waals surface area contributed by atoms with Crippen molar-refractivity contribution < 1.29 is 0 Å². The van der Waals surface area contributed by atoms with E-state index in [0.717, 1.165) is 6.04 Å². The van der Waals surface area contributed by atoms with Crippen LogP contribution < -0.4 is 0 Å². The van der Waals surface area contributed by atoms with Gasteiger partial charge in [-0.3, -0.25) is 0 Å². The topological polar surface area (TPSA) is 0 Å². The molecule has 0 aliphatic carbocycles. The van der Waals surface area contributed by atoms with E-state index in [2.05, 4.69) is 47.4 Å². The van der Waals surface area contributed by atoms with E-state index in [1.807, 2.05) is 0 Å². The Labute approximate surface area is 77.7 Å². The van der Waals surface area contributed by atoms with Crippen LogP contribution in [0.3, 0.4) is 0 Å². The van der Waals surface area contributed by atoms with Crippen molar-refractivity contribution in [3.8, 4) is 0 Å². The molecular weight excluding hydrogens is 160 g/mol. The third-order valence-corrected chi connectivity index (χ3v) is 8.15. The summed E-state index contributed by atoms with van der Waals surface area (Å²) in [5.74, 6) is 0. The van der Waals surface area contributed by atoms with Crippen LogP contribution in [-0.4, -0.2) is 8.07 Å². The molecule has 0 fully saturated rings. The summed E-state index contributed by atoms with van der Waals surface area (Å²) in [7, 11) is -1.58. The van der Waals surface area contributed by atoms with Crippen LogP contribution in [0.5, 0.6) is 0 Å². The van der Waals surface area contributed by atoms with Crippen LogP contribution in [0.15, 0.2) is 35.3 Å². The van der Waals surface area contributed by atoms with Crippen LogP contribution in [0.2, 0.25) is 6.04 Å². The third kappa shape index (κ3) is 1.61. The smallest absolute Gasteiger partial charge is 0.103 e. The van der Waals surface area contributed by atoms with E-state index in [1.54, 1.807) is 0 Å². The monoisotopic (exact) mass is 180 g/mol. The summed E-state index contributed by atoms with van der Waals surface area (Å²) in [6, 6.07) is 1.15.